The second-order valence-corrected chi connectivity index (χ2v) is 4.19. The van der Waals surface area contributed by atoms with Gasteiger partial charge in [0.25, 0.3) is 0 Å². The van der Waals surface area contributed by atoms with Crippen LogP contribution in [0.4, 0.5) is 5.69 Å². The van der Waals surface area contributed by atoms with Gasteiger partial charge in [-0.3, -0.25) is 5.41 Å². The molecule has 1 aliphatic carbocycles. The van der Waals surface area contributed by atoms with Crippen LogP contribution in [0.25, 0.3) is 0 Å². The molecule has 1 aliphatic rings. The maximum Gasteiger partial charge on any atom is 0.103 e. The summed E-state index contributed by atoms with van der Waals surface area (Å²) in [5.74, 6) is 1.32. The van der Waals surface area contributed by atoms with E-state index in [2.05, 4.69) is 30.9 Å². The van der Waals surface area contributed by atoms with Crippen molar-refractivity contribution >= 4 is 11.5 Å². The molecule has 0 aromatic heterocycles. The Bertz CT molecular complexity index is 367. The lowest BCUT2D eigenvalue weighted by Crippen LogP contribution is -2.31. The first kappa shape index (κ1) is 10.2. The third-order valence-electron chi connectivity index (χ3n) is 2.98. The number of amidine groups is 1. The van der Waals surface area contributed by atoms with E-state index in [-0.39, 0.29) is 0 Å². The Balaban J connectivity index is 2.25. The molecule has 0 unspecified atom stereocenters. The molecule has 1 fully saturated rings. The molecule has 1 aromatic carbocycles. The van der Waals surface area contributed by atoms with Gasteiger partial charge in [0, 0.05) is 18.2 Å². The lowest BCUT2D eigenvalue weighted by molar-refractivity contribution is 0.974. The molecule has 1 saturated carbocycles. The van der Waals surface area contributed by atoms with E-state index in [1.54, 1.807) is 0 Å². The predicted octanol–water partition coefficient (Wildman–Crippen LogP) is 3.21. The summed E-state index contributed by atoms with van der Waals surface area (Å²) in [6.45, 7) is 5.11. The summed E-state index contributed by atoms with van der Waals surface area (Å²) in [6, 6.07) is 8.31. The second kappa shape index (κ2) is 4.05. The van der Waals surface area contributed by atoms with Gasteiger partial charge in [0.2, 0.25) is 0 Å². The molecule has 0 radical (unpaired) electrons. The zero-order chi connectivity index (χ0) is 10.8. The molecule has 2 heteroatoms. The topological polar surface area (TPSA) is 27.1 Å². The molecule has 0 atom stereocenters. The minimum atomic E-state index is 0.518. The van der Waals surface area contributed by atoms with E-state index in [9.17, 15) is 0 Å². The molecule has 2 rings (SSSR count). The van der Waals surface area contributed by atoms with Gasteiger partial charge in [-0.25, -0.2) is 0 Å². The molecule has 0 amide bonds. The van der Waals surface area contributed by atoms with Crippen LogP contribution >= 0.6 is 0 Å². The normalized spacial score (nSPS) is 15.1. The van der Waals surface area contributed by atoms with Crippen molar-refractivity contribution in [3.05, 3.63) is 29.8 Å². The first-order valence-corrected chi connectivity index (χ1v) is 5.65. The molecule has 15 heavy (non-hydrogen) atoms. The lowest BCUT2D eigenvalue weighted by Gasteiger charge is -2.25. The number of rotatable bonds is 3. The Morgan fingerprint density at radius 3 is 2.60 bits per heavy atom. The van der Waals surface area contributed by atoms with Crippen molar-refractivity contribution in [1.29, 1.82) is 5.41 Å². The average Bonchev–Trinajstić information content (AvgIpc) is 3.05. The van der Waals surface area contributed by atoms with Crippen LogP contribution in [-0.4, -0.2) is 12.4 Å². The largest absolute Gasteiger partial charge is 0.330 e. The minimum Gasteiger partial charge on any atom is -0.330 e. The first-order valence-electron chi connectivity index (χ1n) is 5.65. The van der Waals surface area contributed by atoms with Gasteiger partial charge in [-0.05, 0) is 38.3 Å². The molecule has 80 valence electrons. The van der Waals surface area contributed by atoms with Crippen molar-refractivity contribution in [3.8, 4) is 0 Å². The van der Waals surface area contributed by atoms with Crippen molar-refractivity contribution in [2.75, 3.05) is 11.4 Å². The fourth-order valence-corrected chi connectivity index (χ4v) is 1.91. The van der Waals surface area contributed by atoms with E-state index >= 15 is 0 Å². The van der Waals surface area contributed by atoms with Crippen LogP contribution in [0.5, 0.6) is 0 Å². The Labute approximate surface area is 91.4 Å². The van der Waals surface area contributed by atoms with E-state index in [0.29, 0.717) is 5.92 Å². The second-order valence-electron chi connectivity index (χ2n) is 4.19. The smallest absolute Gasteiger partial charge is 0.103 e. The molecular weight excluding hydrogens is 184 g/mol. The van der Waals surface area contributed by atoms with Crippen molar-refractivity contribution < 1.29 is 0 Å². The van der Waals surface area contributed by atoms with Gasteiger partial charge in [0.05, 0.1) is 0 Å². The number of aryl methyl sites for hydroxylation is 1. The summed E-state index contributed by atoms with van der Waals surface area (Å²) < 4.78 is 0. The highest BCUT2D eigenvalue weighted by Crippen LogP contribution is 2.33. The Kier molecular flexibility index (Phi) is 2.76. The van der Waals surface area contributed by atoms with Gasteiger partial charge in [-0.15, -0.1) is 0 Å². The van der Waals surface area contributed by atoms with Crippen LogP contribution in [-0.2, 0) is 0 Å². The van der Waals surface area contributed by atoms with Crippen LogP contribution in [0, 0.1) is 18.3 Å². The Morgan fingerprint density at radius 1 is 1.40 bits per heavy atom. The van der Waals surface area contributed by atoms with Crippen molar-refractivity contribution in [3.63, 3.8) is 0 Å². The van der Waals surface area contributed by atoms with Crippen LogP contribution < -0.4 is 4.90 Å². The van der Waals surface area contributed by atoms with E-state index in [0.717, 1.165) is 12.4 Å². The molecular formula is C13H18N2. The highest BCUT2D eigenvalue weighted by Gasteiger charge is 2.30. The SMILES string of the molecule is CCN(C(=N)C1CC1)c1ccccc1C. The molecule has 0 spiro atoms. The summed E-state index contributed by atoms with van der Waals surface area (Å²) in [7, 11) is 0. The average molecular weight is 202 g/mol. The third kappa shape index (κ3) is 2.04. The number of nitrogens with zero attached hydrogens (tertiary/aromatic N) is 1. The maximum absolute atomic E-state index is 8.12. The minimum absolute atomic E-state index is 0.518. The quantitative estimate of drug-likeness (QED) is 0.591. The summed E-state index contributed by atoms with van der Waals surface area (Å²) in [5, 5.41) is 8.12. The zero-order valence-corrected chi connectivity index (χ0v) is 9.46. The standard InChI is InChI=1S/C13H18N2/c1-3-15(13(14)11-8-9-11)12-7-5-4-6-10(12)2/h4-7,11,14H,3,8-9H2,1-2H3. The molecule has 0 aliphatic heterocycles. The number of hydrogen-bond donors (Lipinski definition) is 1. The van der Waals surface area contributed by atoms with Crippen molar-refractivity contribution in [2.24, 2.45) is 5.92 Å². The fraction of sp³-hybridized carbons (Fsp3) is 0.462. The van der Waals surface area contributed by atoms with Crippen LogP contribution in [0.3, 0.4) is 0 Å². The van der Waals surface area contributed by atoms with Gasteiger partial charge in [-0.1, -0.05) is 18.2 Å². The molecule has 1 N–H and O–H groups in total. The predicted molar refractivity (Wildman–Crippen MR) is 64.6 cm³/mol. The van der Waals surface area contributed by atoms with E-state index in [1.807, 2.05) is 12.1 Å². The maximum atomic E-state index is 8.12. The molecule has 1 aromatic rings. The molecule has 0 bridgehead atoms. The zero-order valence-electron chi connectivity index (χ0n) is 9.46. The van der Waals surface area contributed by atoms with Crippen LogP contribution in [0.2, 0.25) is 0 Å². The Morgan fingerprint density at radius 2 is 2.07 bits per heavy atom. The summed E-state index contributed by atoms with van der Waals surface area (Å²) in [5.41, 5.74) is 2.45. The van der Waals surface area contributed by atoms with E-state index in [4.69, 9.17) is 5.41 Å². The molecule has 2 nitrogen and oxygen atoms in total. The highest BCUT2D eigenvalue weighted by atomic mass is 15.2. The number of nitrogens with one attached hydrogen (secondary N) is 1. The summed E-state index contributed by atoms with van der Waals surface area (Å²) in [4.78, 5) is 2.13. The fourth-order valence-electron chi connectivity index (χ4n) is 1.91. The molecule has 0 saturated heterocycles. The highest BCUT2D eigenvalue weighted by molar-refractivity contribution is 5.99. The Hall–Kier alpha value is -1.31. The van der Waals surface area contributed by atoms with Gasteiger partial charge >= 0.3 is 0 Å². The lowest BCUT2D eigenvalue weighted by atomic mass is 10.1. The van der Waals surface area contributed by atoms with Gasteiger partial charge in [0.1, 0.15) is 5.84 Å². The molecule has 0 heterocycles. The van der Waals surface area contributed by atoms with Gasteiger partial charge in [-0.2, -0.15) is 0 Å². The van der Waals surface area contributed by atoms with Gasteiger partial charge in [0.15, 0.2) is 0 Å². The summed E-state index contributed by atoms with van der Waals surface area (Å²) >= 11 is 0. The number of benzene rings is 1. The van der Waals surface area contributed by atoms with E-state index < -0.39 is 0 Å². The number of anilines is 1. The first-order chi connectivity index (χ1) is 7.24. The van der Waals surface area contributed by atoms with Crippen molar-refractivity contribution in [2.45, 2.75) is 26.7 Å². The monoisotopic (exact) mass is 202 g/mol. The van der Waals surface area contributed by atoms with Crippen molar-refractivity contribution in [1.82, 2.24) is 0 Å². The third-order valence-corrected chi connectivity index (χ3v) is 2.98. The number of hydrogen-bond acceptors (Lipinski definition) is 1. The van der Waals surface area contributed by atoms with Crippen LogP contribution in [0.15, 0.2) is 24.3 Å². The summed E-state index contributed by atoms with van der Waals surface area (Å²) in [6.07, 6.45) is 2.39. The van der Waals surface area contributed by atoms with Gasteiger partial charge < -0.3 is 4.90 Å². The van der Waals surface area contributed by atoms with E-state index in [1.165, 1.54) is 24.1 Å². The number of para-hydroxylation sites is 1. The van der Waals surface area contributed by atoms with Crippen LogP contribution in [0.1, 0.15) is 25.3 Å².